The molecule has 3 atom stereocenters. The van der Waals surface area contributed by atoms with Gasteiger partial charge in [0, 0.05) is 18.7 Å². The fourth-order valence-electron chi connectivity index (χ4n) is 3.04. The molecule has 1 heterocycles. The van der Waals surface area contributed by atoms with Crippen LogP contribution in [0.25, 0.3) is 0 Å². The van der Waals surface area contributed by atoms with Crippen molar-refractivity contribution in [3.63, 3.8) is 0 Å². The zero-order valence-corrected chi connectivity index (χ0v) is 17.7. The number of unbranched alkanes of at least 4 members (excludes halogenated alkanes) is 1. The van der Waals surface area contributed by atoms with E-state index in [1.807, 2.05) is 28.9 Å². The Morgan fingerprint density at radius 2 is 1.85 bits per heavy atom. The van der Waals surface area contributed by atoms with Gasteiger partial charge in [-0.2, -0.15) is 0 Å². The van der Waals surface area contributed by atoms with Crippen LogP contribution in [0.2, 0.25) is 0 Å². The fraction of sp³-hybridized carbons (Fsp3) is 0.700. The zero-order valence-electron chi connectivity index (χ0n) is 16.8. The summed E-state index contributed by atoms with van der Waals surface area (Å²) in [5.74, 6) is 0.827. The highest BCUT2D eigenvalue weighted by molar-refractivity contribution is 7.43. The molecule has 0 spiro atoms. The van der Waals surface area contributed by atoms with Gasteiger partial charge in [-0.15, -0.1) is 0 Å². The molecular weight excluding hydrogens is 365 g/mol. The normalized spacial score (nSPS) is 20.9. The Balaban J connectivity index is 1.61. The van der Waals surface area contributed by atoms with Gasteiger partial charge in [0.2, 0.25) is 0 Å². The molecule has 0 amide bonds. The summed E-state index contributed by atoms with van der Waals surface area (Å²) in [6.07, 6.45) is 4.72. The molecule has 0 bridgehead atoms. The van der Waals surface area contributed by atoms with Gasteiger partial charge in [0.15, 0.2) is 6.29 Å². The molecule has 6 nitrogen and oxygen atoms in total. The molecule has 1 aromatic carbocycles. The second kappa shape index (κ2) is 12.7. The van der Waals surface area contributed by atoms with Gasteiger partial charge in [-0.25, -0.2) is 4.67 Å². The van der Waals surface area contributed by atoms with E-state index in [1.165, 1.54) is 0 Å². The van der Waals surface area contributed by atoms with E-state index >= 15 is 0 Å². The standard InChI is InChI=1S/C20H34NO5P/c1-4-13-21(14-5-2)27(22)25-15-7-6-8-19-16-24-20(26-19)17-9-11-18(23-3)12-10-17/h9-12,19-20,22H,4-8,13-16H2,1-3H3. The predicted octanol–water partition coefficient (Wildman–Crippen LogP) is 4.64. The summed E-state index contributed by atoms with van der Waals surface area (Å²) in [6, 6.07) is 7.78. The molecule has 2 rings (SSSR count). The Labute approximate surface area is 164 Å². The molecule has 7 heteroatoms. The Bertz CT molecular complexity index is 510. The van der Waals surface area contributed by atoms with E-state index in [0.717, 1.165) is 56.5 Å². The summed E-state index contributed by atoms with van der Waals surface area (Å²) in [6.45, 7) is 7.21. The second-order valence-corrected chi connectivity index (χ2v) is 8.06. The monoisotopic (exact) mass is 399 g/mol. The van der Waals surface area contributed by atoms with E-state index in [4.69, 9.17) is 18.7 Å². The van der Waals surface area contributed by atoms with Crippen molar-refractivity contribution < 1.29 is 23.6 Å². The molecule has 1 aromatic rings. The van der Waals surface area contributed by atoms with Gasteiger partial charge in [-0.3, -0.25) is 0 Å². The third-order valence-electron chi connectivity index (χ3n) is 4.47. The molecule has 0 aliphatic carbocycles. The summed E-state index contributed by atoms with van der Waals surface area (Å²) in [5, 5.41) is 0. The van der Waals surface area contributed by atoms with Gasteiger partial charge in [0.1, 0.15) is 5.75 Å². The lowest BCUT2D eigenvalue weighted by Gasteiger charge is -2.25. The molecule has 1 saturated heterocycles. The van der Waals surface area contributed by atoms with E-state index in [-0.39, 0.29) is 12.4 Å². The van der Waals surface area contributed by atoms with Crippen molar-refractivity contribution >= 4 is 8.53 Å². The molecule has 1 aliphatic rings. The molecular formula is C20H34NO5P. The first-order valence-corrected chi connectivity index (χ1v) is 11.1. The first-order valence-electron chi connectivity index (χ1n) is 9.95. The van der Waals surface area contributed by atoms with Crippen LogP contribution < -0.4 is 4.74 Å². The summed E-state index contributed by atoms with van der Waals surface area (Å²) < 4.78 is 24.6. The first kappa shape index (κ1) is 22.5. The zero-order chi connectivity index (χ0) is 19.5. The van der Waals surface area contributed by atoms with Crippen molar-refractivity contribution in [1.29, 1.82) is 0 Å². The number of rotatable bonds is 13. The first-order chi connectivity index (χ1) is 13.2. The van der Waals surface area contributed by atoms with Crippen LogP contribution in [0, 0.1) is 0 Å². The number of nitrogens with zero attached hydrogens (tertiary/aromatic N) is 1. The van der Waals surface area contributed by atoms with E-state index in [2.05, 4.69) is 13.8 Å². The molecule has 3 unspecified atom stereocenters. The number of hydrogen-bond donors (Lipinski definition) is 1. The van der Waals surface area contributed by atoms with Crippen LogP contribution in [-0.2, 0) is 14.0 Å². The molecule has 1 N–H and O–H groups in total. The van der Waals surface area contributed by atoms with Crippen molar-refractivity contribution in [2.24, 2.45) is 0 Å². The van der Waals surface area contributed by atoms with Crippen molar-refractivity contribution in [2.75, 3.05) is 33.4 Å². The lowest BCUT2D eigenvalue weighted by molar-refractivity contribution is -0.0614. The van der Waals surface area contributed by atoms with Crippen molar-refractivity contribution in [3.05, 3.63) is 29.8 Å². The summed E-state index contributed by atoms with van der Waals surface area (Å²) in [7, 11) is 0.198. The molecule has 0 aromatic heterocycles. The van der Waals surface area contributed by atoms with Crippen LogP contribution in [0.5, 0.6) is 5.75 Å². The smallest absolute Gasteiger partial charge is 0.255 e. The second-order valence-electron chi connectivity index (χ2n) is 6.73. The van der Waals surface area contributed by atoms with E-state index in [0.29, 0.717) is 13.2 Å². The number of methoxy groups -OCH3 is 1. The Morgan fingerprint density at radius 3 is 2.48 bits per heavy atom. The maximum Gasteiger partial charge on any atom is 0.255 e. The van der Waals surface area contributed by atoms with Gasteiger partial charge >= 0.3 is 0 Å². The minimum Gasteiger partial charge on any atom is -0.497 e. The summed E-state index contributed by atoms with van der Waals surface area (Å²) >= 11 is 0. The van der Waals surface area contributed by atoms with Crippen LogP contribution in [-0.4, -0.2) is 49.1 Å². The van der Waals surface area contributed by atoms with Crippen LogP contribution >= 0.6 is 8.53 Å². The van der Waals surface area contributed by atoms with E-state index in [1.54, 1.807) is 7.11 Å². The van der Waals surface area contributed by atoms with Gasteiger partial charge in [-0.05, 0) is 44.2 Å². The average Bonchev–Trinajstić information content (AvgIpc) is 3.16. The maximum absolute atomic E-state index is 10.2. The van der Waals surface area contributed by atoms with Gasteiger partial charge in [0.05, 0.1) is 26.4 Å². The minimum absolute atomic E-state index is 0.115. The van der Waals surface area contributed by atoms with Crippen LogP contribution in [0.15, 0.2) is 24.3 Å². The Morgan fingerprint density at radius 1 is 1.15 bits per heavy atom. The molecule has 1 fully saturated rings. The van der Waals surface area contributed by atoms with Gasteiger partial charge in [0.25, 0.3) is 8.53 Å². The lowest BCUT2D eigenvalue weighted by Crippen LogP contribution is -2.21. The molecule has 0 radical (unpaired) electrons. The summed E-state index contributed by atoms with van der Waals surface area (Å²) in [4.78, 5) is 10.2. The predicted molar refractivity (Wildman–Crippen MR) is 108 cm³/mol. The number of hydrogen-bond acceptors (Lipinski definition) is 6. The SMILES string of the molecule is CCCN(CCC)P(O)OCCCCC1COC(c2ccc(OC)cc2)O1. The number of benzene rings is 1. The quantitative estimate of drug-likeness (QED) is 0.385. The van der Waals surface area contributed by atoms with Crippen molar-refractivity contribution in [1.82, 2.24) is 4.67 Å². The fourth-order valence-corrected chi connectivity index (χ4v) is 4.23. The summed E-state index contributed by atoms with van der Waals surface area (Å²) in [5.41, 5.74) is 1.01. The van der Waals surface area contributed by atoms with Gasteiger partial charge < -0.3 is 23.6 Å². The Hall–Kier alpha value is -0.750. The molecule has 154 valence electrons. The Kier molecular flexibility index (Phi) is 10.6. The lowest BCUT2D eigenvalue weighted by atomic mass is 10.2. The van der Waals surface area contributed by atoms with Gasteiger partial charge in [-0.1, -0.05) is 26.0 Å². The van der Waals surface area contributed by atoms with E-state index < -0.39 is 8.53 Å². The third-order valence-corrected chi connectivity index (χ3v) is 5.77. The highest BCUT2D eigenvalue weighted by atomic mass is 31.2. The van der Waals surface area contributed by atoms with Crippen LogP contribution in [0.1, 0.15) is 57.8 Å². The van der Waals surface area contributed by atoms with E-state index in [9.17, 15) is 4.89 Å². The largest absolute Gasteiger partial charge is 0.497 e. The van der Waals surface area contributed by atoms with Crippen molar-refractivity contribution in [3.8, 4) is 5.75 Å². The van der Waals surface area contributed by atoms with Crippen molar-refractivity contribution in [2.45, 2.75) is 58.3 Å². The van der Waals surface area contributed by atoms with Crippen LogP contribution in [0.4, 0.5) is 0 Å². The third kappa shape index (κ3) is 7.65. The molecule has 1 aliphatic heterocycles. The molecule has 0 saturated carbocycles. The average molecular weight is 399 g/mol. The van der Waals surface area contributed by atoms with Crippen LogP contribution in [0.3, 0.4) is 0 Å². The topological polar surface area (TPSA) is 60.4 Å². The number of ether oxygens (including phenoxy) is 3. The highest BCUT2D eigenvalue weighted by Gasteiger charge is 2.27. The molecule has 27 heavy (non-hydrogen) atoms. The highest BCUT2D eigenvalue weighted by Crippen LogP contribution is 2.37. The maximum atomic E-state index is 10.2. The minimum atomic E-state index is -1.46.